The first-order valence-electron chi connectivity index (χ1n) is 6.61. The van der Waals surface area contributed by atoms with Crippen molar-refractivity contribution in [2.75, 3.05) is 6.61 Å². The third kappa shape index (κ3) is 4.61. The van der Waals surface area contributed by atoms with E-state index in [1.165, 1.54) is 18.2 Å². The number of halogens is 2. The summed E-state index contributed by atoms with van der Waals surface area (Å²) >= 11 is 11.9. The van der Waals surface area contributed by atoms with Crippen LogP contribution in [-0.2, 0) is 6.42 Å². The van der Waals surface area contributed by atoms with E-state index in [1.54, 1.807) is 18.2 Å². The molecule has 0 saturated carbocycles. The van der Waals surface area contributed by atoms with E-state index in [9.17, 15) is 9.59 Å². The van der Waals surface area contributed by atoms with Crippen molar-refractivity contribution in [1.82, 2.24) is 0 Å². The van der Waals surface area contributed by atoms with Gasteiger partial charge in [-0.1, -0.05) is 29.3 Å². The highest BCUT2D eigenvalue weighted by Gasteiger charge is 2.11. The molecule has 5 nitrogen and oxygen atoms in total. The monoisotopic (exact) mass is 353 g/mol. The van der Waals surface area contributed by atoms with E-state index < -0.39 is 11.9 Å². The minimum Gasteiger partial charge on any atom is -0.493 e. The number of carbonyl (C=O) groups is 2. The van der Waals surface area contributed by atoms with Crippen LogP contribution in [0.1, 0.15) is 26.3 Å². The predicted octanol–water partition coefficient (Wildman–Crippen LogP) is 3.41. The van der Waals surface area contributed by atoms with Crippen molar-refractivity contribution < 1.29 is 19.4 Å². The van der Waals surface area contributed by atoms with Gasteiger partial charge in [-0.3, -0.25) is 4.79 Å². The number of amides is 1. The lowest BCUT2D eigenvalue weighted by Crippen LogP contribution is -2.13. The minimum atomic E-state index is -1.17. The van der Waals surface area contributed by atoms with Crippen molar-refractivity contribution in [3.63, 3.8) is 0 Å². The summed E-state index contributed by atoms with van der Waals surface area (Å²) in [5.41, 5.74) is 6.04. The number of carboxylic acids is 1. The number of rotatable bonds is 6. The SMILES string of the molecule is NC(=O)c1cc(OCCc2ccc(Cl)cc2Cl)cc(C(=O)O)c1. The first-order valence-corrected chi connectivity index (χ1v) is 7.37. The Balaban J connectivity index is 2.10. The predicted molar refractivity (Wildman–Crippen MR) is 87.6 cm³/mol. The van der Waals surface area contributed by atoms with Gasteiger partial charge in [-0.15, -0.1) is 0 Å². The van der Waals surface area contributed by atoms with Crippen LogP contribution in [-0.4, -0.2) is 23.6 Å². The Morgan fingerprint density at radius 3 is 2.39 bits per heavy atom. The van der Waals surface area contributed by atoms with Gasteiger partial charge in [-0.2, -0.15) is 0 Å². The van der Waals surface area contributed by atoms with Crippen LogP contribution in [0.25, 0.3) is 0 Å². The van der Waals surface area contributed by atoms with E-state index in [-0.39, 0.29) is 23.5 Å². The number of benzene rings is 2. The van der Waals surface area contributed by atoms with Gasteiger partial charge in [0, 0.05) is 22.0 Å². The van der Waals surface area contributed by atoms with Gasteiger partial charge < -0.3 is 15.6 Å². The number of carbonyl (C=O) groups excluding carboxylic acids is 1. The lowest BCUT2D eigenvalue weighted by atomic mass is 10.1. The van der Waals surface area contributed by atoms with Gasteiger partial charge in [0.15, 0.2) is 0 Å². The Bertz CT molecular complexity index is 729. The third-order valence-electron chi connectivity index (χ3n) is 3.09. The van der Waals surface area contributed by atoms with Gasteiger partial charge in [0.05, 0.1) is 12.2 Å². The Labute approximate surface area is 142 Å². The standard InChI is InChI=1S/C16H13Cl2NO4/c17-12-2-1-9(14(18)8-12)3-4-23-13-6-10(15(19)20)5-11(7-13)16(21)22/h1-2,5-8H,3-4H2,(H2,19,20)(H,21,22). The van der Waals surface area contributed by atoms with E-state index in [2.05, 4.69) is 0 Å². The Hall–Kier alpha value is -2.24. The average Bonchev–Trinajstić information content (AvgIpc) is 2.49. The summed E-state index contributed by atoms with van der Waals surface area (Å²) in [5.74, 6) is -1.64. The number of nitrogens with two attached hydrogens (primary N) is 1. The number of aromatic carboxylic acids is 1. The molecule has 120 valence electrons. The van der Waals surface area contributed by atoms with E-state index in [0.717, 1.165) is 5.56 Å². The molecule has 0 heterocycles. The van der Waals surface area contributed by atoms with Crippen molar-refractivity contribution >= 4 is 35.1 Å². The molecule has 23 heavy (non-hydrogen) atoms. The third-order valence-corrected chi connectivity index (χ3v) is 3.68. The zero-order valence-electron chi connectivity index (χ0n) is 11.9. The Kier molecular flexibility index (Phi) is 5.47. The molecule has 2 rings (SSSR count). The molecule has 0 atom stereocenters. The Morgan fingerprint density at radius 1 is 1.09 bits per heavy atom. The molecule has 0 aromatic heterocycles. The summed E-state index contributed by atoms with van der Waals surface area (Å²) in [6.45, 7) is 0.253. The van der Waals surface area contributed by atoms with Crippen molar-refractivity contribution in [3.8, 4) is 5.75 Å². The lowest BCUT2D eigenvalue weighted by Gasteiger charge is -2.10. The molecule has 0 aliphatic rings. The van der Waals surface area contributed by atoms with Crippen LogP contribution in [0.5, 0.6) is 5.75 Å². The lowest BCUT2D eigenvalue weighted by molar-refractivity contribution is 0.0696. The smallest absolute Gasteiger partial charge is 0.335 e. The molecule has 0 unspecified atom stereocenters. The van der Waals surface area contributed by atoms with E-state index in [4.69, 9.17) is 38.8 Å². The maximum Gasteiger partial charge on any atom is 0.335 e. The molecule has 2 aromatic rings. The zero-order chi connectivity index (χ0) is 17.0. The van der Waals surface area contributed by atoms with Crippen LogP contribution in [0.2, 0.25) is 10.0 Å². The maximum atomic E-state index is 11.2. The second-order valence-electron chi connectivity index (χ2n) is 4.75. The number of hydrogen-bond acceptors (Lipinski definition) is 3. The summed E-state index contributed by atoms with van der Waals surface area (Å²) < 4.78 is 5.51. The fourth-order valence-corrected chi connectivity index (χ4v) is 2.45. The second-order valence-corrected chi connectivity index (χ2v) is 5.59. The molecule has 0 saturated heterocycles. The minimum absolute atomic E-state index is 0.0687. The number of hydrogen-bond donors (Lipinski definition) is 2. The highest BCUT2D eigenvalue weighted by atomic mass is 35.5. The van der Waals surface area contributed by atoms with Crippen LogP contribution in [0.4, 0.5) is 0 Å². The highest BCUT2D eigenvalue weighted by Crippen LogP contribution is 2.22. The van der Waals surface area contributed by atoms with Gasteiger partial charge in [0.2, 0.25) is 5.91 Å². The van der Waals surface area contributed by atoms with Crippen molar-refractivity contribution in [3.05, 3.63) is 63.1 Å². The molecule has 0 aliphatic heterocycles. The van der Waals surface area contributed by atoms with Gasteiger partial charge in [0.25, 0.3) is 0 Å². The van der Waals surface area contributed by atoms with Gasteiger partial charge in [0.1, 0.15) is 5.75 Å². The van der Waals surface area contributed by atoms with Gasteiger partial charge in [-0.05, 0) is 35.9 Å². The molecule has 2 aromatic carbocycles. The number of ether oxygens (including phenoxy) is 1. The first kappa shape index (κ1) is 17.1. The summed E-state index contributed by atoms with van der Waals surface area (Å²) in [7, 11) is 0. The zero-order valence-corrected chi connectivity index (χ0v) is 13.4. The van der Waals surface area contributed by atoms with Crippen molar-refractivity contribution in [2.24, 2.45) is 5.73 Å². The first-order chi connectivity index (χ1) is 10.9. The molecular formula is C16H13Cl2NO4. The molecule has 0 spiro atoms. The molecule has 0 radical (unpaired) electrons. The molecule has 0 fully saturated rings. The quantitative estimate of drug-likeness (QED) is 0.832. The average molecular weight is 354 g/mol. The number of primary amides is 1. The Morgan fingerprint density at radius 2 is 1.78 bits per heavy atom. The molecule has 0 bridgehead atoms. The van der Waals surface area contributed by atoms with Crippen LogP contribution < -0.4 is 10.5 Å². The number of carboxylic acid groups (broad SMARTS) is 1. The summed E-state index contributed by atoms with van der Waals surface area (Å²) in [4.78, 5) is 22.3. The maximum absolute atomic E-state index is 11.2. The van der Waals surface area contributed by atoms with Crippen LogP contribution in [0, 0.1) is 0 Å². The topological polar surface area (TPSA) is 89.6 Å². The summed E-state index contributed by atoms with van der Waals surface area (Å²) in [5, 5.41) is 10.1. The molecule has 7 heteroatoms. The fraction of sp³-hybridized carbons (Fsp3) is 0.125. The molecular weight excluding hydrogens is 341 g/mol. The second kappa shape index (κ2) is 7.35. The summed E-state index contributed by atoms with van der Waals surface area (Å²) in [6.07, 6.45) is 0.499. The van der Waals surface area contributed by atoms with Crippen LogP contribution in [0.15, 0.2) is 36.4 Å². The van der Waals surface area contributed by atoms with Crippen molar-refractivity contribution in [1.29, 1.82) is 0 Å². The van der Waals surface area contributed by atoms with E-state index >= 15 is 0 Å². The van der Waals surface area contributed by atoms with Crippen LogP contribution >= 0.6 is 23.2 Å². The largest absolute Gasteiger partial charge is 0.493 e. The van der Waals surface area contributed by atoms with Crippen LogP contribution in [0.3, 0.4) is 0 Å². The van der Waals surface area contributed by atoms with E-state index in [0.29, 0.717) is 16.5 Å². The highest BCUT2D eigenvalue weighted by molar-refractivity contribution is 6.35. The fourth-order valence-electron chi connectivity index (χ4n) is 1.95. The van der Waals surface area contributed by atoms with E-state index in [1.807, 2.05) is 0 Å². The van der Waals surface area contributed by atoms with Gasteiger partial charge in [-0.25, -0.2) is 4.79 Å². The molecule has 1 amide bonds. The normalized spacial score (nSPS) is 10.3. The molecule has 3 N–H and O–H groups in total. The molecule has 0 aliphatic carbocycles. The van der Waals surface area contributed by atoms with Crippen molar-refractivity contribution in [2.45, 2.75) is 6.42 Å². The summed E-state index contributed by atoms with van der Waals surface area (Å²) in [6, 6.07) is 9.08. The van der Waals surface area contributed by atoms with Gasteiger partial charge >= 0.3 is 5.97 Å².